The topological polar surface area (TPSA) is 38.3 Å². The molecule has 2 rings (SSSR count). The zero-order chi connectivity index (χ0) is 18.9. The van der Waals surface area contributed by atoms with Crippen molar-refractivity contribution in [2.45, 2.75) is 46.0 Å². The molecular formula is C22H29NO2S. The summed E-state index contributed by atoms with van der Waals surface area (Å²) in [5, 5.41) is 3.00. The number of benzene rings is 2. The van der Waals surface area contributed by atoms with Crippen LogP contribution < -0.4 is 10.1 Å². The van der Waals surface area contributed by atoms with Gasteiger partial charge in [-0.25, -0.2) is 0 Å². The first-order valence-electron chi connectivity index (χ1n) is 9.15. The molecule has 0 aliphatic rings. The summed E-state index contributed by atoms with van der Waals surface area (Å²) >= 11 is 1.83. The van der Waals surface area contributed by atoms with Crippen LogP contribution in [0.2, 0.25) is 0 Å². The van der Waals surface area contributed by atoms with Crippen LogP contribution in [0, 0.1) is 20.8 Å². The molecule has 0 spiro atoms. The van der Waals surface area contributed by atoms with E-state index in [1.165, 1.54) is 16.7 Å². The molecule has 140 valence electrons. The Bertz CT molecular complexity index is 730. The van der Waals surface area contributed by atoms with Crippen molar-refractivity contribution in [2.75, 3.05) is 12.3 Å². The summed E-state index contributed by atoms with van der Waals surface area (Å²) in [4.78, 5) is 12.4. The molecule has 0 fully saturated rings. The van der Waals surface area contributed by atoms with E-state index in [1.807, 2.05) is 37.7 Å². The van der Waals surface area contributed by atoms with Gasteiger partial charge in [-0.05, 0) is 49.9 Å². The predicted octanol–water partition coefficient (Wildman–Crippen LogP) is 4.82. The molecule has 1 amide bonds. The Morgan fingerprint density at radius 1 is 1.15 bits per heavy atom. The van der Waals surface area contributed by atoms with Gasteiger partial charge in [0.1, 0.15) is 5.75 Å². The van der Waals surface area contributed by atoms with Crippen molar-refractivity contribution >= 4 is 17.7 Å². The van der Waals surface area contributed by atoms with Crippen molar-refractivity contribution in [3.05, 3.63) is 64.7 Å². The summed E-state index contributed by atoms with van der Waals surface area (Å²) in [5.41, 5.74) is 4.87. The molecule has 0 aliphatic heterocycles. The molecule has 0 bridgehead atoms. The summed E-state index contributed by atoms with van der Waals surface area (Å²) in [6.45, 7) is 8.81. The van der Waals surface area contributed by atoms with Crippen molar-refractivity contribution in [1.29, 1.82) is 0 Å². The molecule has 2 aromatic rings. The van der Waals surface area contributed by atoms with Crippen LogP contribution in [-0.2, 0) is 10.5 Å². The third-order valence-electron chi connectivity index (χ3n) is 4.38. The van der Waals surface area contributed by atoms with Gasteiger partial charge in [0.2, 0.25) is 0 Å². The fourth-order valence-electron chi connectivity index (χ4n) is 2.68. The minimum Gasteiger partial charge on any atom is -0.480 e. The average Bonchev–Trinajstić information content (AvgIpc) is 2.62. The van der Waals surface area contributed by atoms with Crippen molar-refractivity contribution in [2.24, 2.45) is 0 Å². The Labute approximate surface area is 161 Å². The molecule has 3 nitrogen and oxygen atoms in total. The second-order valence-corrected chi connectivity index (χ2v) is 7.65. The van der Waals surface area contributed by atoms with Crippen molar-refractivity contribution < 1.29 is 9.53 Å². The van der Waals surface area contributed by atoms with E-state index in [2.05, 4.69) is 49.5 Å². The van der Waals surface area contributed by atoms with Crippen molar-refractivity contribution in [1.82, 2.24) is 5.32 Å². The molecule has 26 heavy (non-hydrogen) atoms. The number of hydrogen-bond donors (Lipinski definition) is 1. The van der Waals surface area contributed by atoms with Crippen LogP contribution >= 0.6 is 11.8 Å². The van der Waals surface area contributed by atoms with Gasteiger partial charge >= 0.3 is 0 Å². The third-order valence-corrected chi connectivity index (χ3v) is 5.41. The number of nitrogens with one attached hydrogen (secondary N) is 1. The summed E-state index contributed by atoms with van der Waals surface area (Å²) in [5.74, 6) is 2.61. The van der Waals surface area contributed by atoms with Gasteiger partial charge in [-0.3, -0.25) is 4.79 Å². The lowest BCUT2D eigenvalue weighted by Crippen LogP contribution is -2.39. The average molecular weight is 372 g/mol. The number of carbonyl (C=O) groups excluding carboxylic acids is 1. The molecule has 0 unspecified atom stereocenters. The molecule has 0 radical (unpaired) electrons. The number of carbonyl (C=O) groups is 1. The maximum atomic E-state index is 12.4. The number of rotatable bonds is 9. The van der Waals surface area contributed by atoms with Crippen LogP contribution in [0.25, 0.3) is 0 Å². The molecular weight excluding hydrogens is 342 g/mol. The van der Waals surface area contributed by atoms with Crippen LogP contribution in [0.3, 0.4) is 0 Å². The molecule has 0 aliphatic carbocycles. The van der Waals surface area contributed by atoms with Gasteiger partial charge < -0.3 is 10.1 Å². The largest absolute Gasteiger partial charge is 0.480 e. The fourth-order valence-corrected chi connectivity index (χ4v) is 3.49. The quantitative estimate of drug-likeness (QED) is 0.642. The highest BCUT2D eigenvalue weighted by Crippen LogP contribution is 2.22. The number of hydrogen-bond acceptors (Lipinski definition) is 3. The van der Waals surface area contributed by atoms with E-state index in [-0.39, 0.29) is 5.91 Å². The molecule has 0 heterocycles. The number of thioether (sulfide) groups is 1. The van der Waals surface area contributed by atoms with E-state index >= 15 is 0 Å². The van der Waals surface area contributed by atoms with Gasteiger partial charge in [-0.1, -0.05) is 48.9 Å². The first-order chi connectivity index (χ1) is 12.5. The zero-order valence-corrected chi connectivity index (χ0v) is 17.0. The van der Waals surface area contributed by atoms with Gasteiger partial charge in [0.15, 0.2) is 6.10 Å². The highest BCUT2D eigenvalue weighted by molar-refractivity contribution is 7.98. The Hall–Kier alpha value is -1.94. The first kappa shape index (κ1) is 20.4. The first-order valence-corrected chi connectivity index (χ1v) is 10.3. The highest BCUT2D eigenvalue weighted by atomic mass is 32.2. The van der Waals surface area contributed by atoms with Gasteiger partial charge in [0.05, 0.1) is 0 Å². The van der Waals surface area contributed by atoms with E-state index in [9.17, 15) is 4.79 Å². The Morgan fingerprint density at radius 2 is 1.92 bits per heavy atom. The number of ether oxygens (including phenoxy) is 1. The smallest absolute Gasteiger partial charge is 0.261 e. The Balaban J connectivity index is 1.75. The summed E-state index contributed by atoms with van der Waals surface area (Å²) in [6.07, 6.45) is 0.201. The molecule has 1 N–H and O–H groups in total. The van der Waals surface area contributed by atoms with Crippen LogP contribution in [-0.4, -0.2) is 24.3 Å². The predicted molar refractivity (Wildman–Crippen MR) is 111 cm³/mol. The minimum atomic E-state index is -0.447. The second kappa shape index (κ2) is 10.3. The van der Waals surface area contributed by atoms with Crippen molar-refractivity contribution in [3.63, 3.8) is 0 Å². The Kier molecular flexibility index (Phi) is 8.05. The van der Waals surface area contributed by atoms with E-state index in [0.29, 0.717) is 13.0 Å². The van der Waals surface area contributed by atoms with Gasteiger partial charge in [0, 0.05) is 18.1 Å². The van der Waals surface area contributed by atoms with E-state index in [4.69, 9.17) is 4.74 Å². The van der Waals surface area contributed by atoms with Crippen LogP contribution in [0.15, 0.2) is 42.5 Å². The lowest BCUT2D eigenvalue weighted by molar-refractivity contribution is -0.128. The molecule has 0 saturated heterocycles. The summed E-state index contributed by atoms with van der Waals surface area (Å²) in [6, 6.07) is 14.5. The van der Waals surface area contributed by atoms with Crippen LogP contribution in [0.5, 0.6) is 5.75 Å². The van der Waals surface area contributed by atoms with E-state index < -0.39 is 6.10 Å². The molecule has 0 saturated carbocycles. The maximum Gasteiger partial charge on any atom is 0.261 e. The van der Waals surface area contributed by atoms with Crippen molar-refractivity contribution in [3.8, 4) is 5.75 Å². The van der Waals surface area contributed by atoms with Gasteiger partial charge in [-0.2, -0.15) is 11.8 Å². The normalized spacial score (nSPS) is 11.8. The second-order valence-electron chi connectivity index (χ2n) is 6.55. The summed E-state index contributed by atoms with van der Waals surface area (Å²) < 4.78 is 5.96. The molecule has 4 heteroatoms. The van der Waals surface area contributed by atoms with E-state index in [1.54, 1.807) is 0 Å². The number of amides is 1. The molecule has 2 aromatic carbocycles. The summed E-state index contributed by atoms with van der Waals surface area (Å²) in [7, 11) is 0. The lowest BCUT2D eigenvalue weighted by Gasteiger charge is -2.19. The number of aryl methyl sites for hydroxylation is 2. The lowest BCUT2D eigenvalue weighted by atomic mass is 10.1. The highest BCUT2D eigenvalue weighted by Gasteiger charge is 2.18. The fraction of sp³-hybridized carbons (Fsp3) is 0.409. The van der Waals surface area contributed by atoms with Crippen LogP contribution in [0.1, 0.15) is 35.6 Å². The zero-order valence-electron chi connectivity index (χ0n) is 16.2. The van der Waals surface area contributed by atoms with Gasteiger partial charge in [-0.15, -0.1) is 0 Å². The van der Waals surface area contributed by atoms with Gasteiger partial charge in [0.25, 0.3) is 5.91 Å². The third kappa shape index (κ3) is 6.10. The standard InChI is InChI=1S/C22H29NO2S/c1-5-20(25-21-11-7-9-17(3)18(21)4)22(24)23-12-13-26-15-19-10-6-8-16(2)14-19/h6-11,14,20H,5,12-13,15H2,1-4H3,(H,23,24)/t20-/m1/s1. The monoisotopic (exact) mass is 371 g/mol. The maximum absolute atomic E-state index is 12.4. The SMILES string of the molecule is CC[C@@H](Oc1cccc(C)c1C)C(=O)NCCSCc1cccc(C)c1. The van der Waals surface area contributed by atoms with Crippen LogP contribution in [0.4, 0.5) is 0 Å². The molecule has 1 atom stereocenters. The van der Waals surface area contributed by atoms with E-state index in [0.717, 1.165) is 22.8 Å². The minimum absolute atomic E-state index is 0.0374. The molecule has 0 aromatic heterocycles. The Morgan fingerprint density at radius 3 is 2.65 bits per heavy atom.